The lowest BCUT2D eigenvalue weighted by Crippen LogP contribution is -2.49. The van der Waals surface area contributed by atoms with Crippen LogP contribution in [-0.4, -0.2) is 29.3 Å². The maximum Gasteiger partial charge on any atom is 0.254 e. The van der Waals surface area contributed by atoms with E-state index in [2.05, 4.69) is 55.7 Å². The highest BCUT2D eigenvalue weighted by Crippen LogP contribution is 2.41. The van der Waals surface area contributed by atoms with Gasteiger partial charge in [-0.2, -0.15) is 0 Å². The summed E-state index contributed by atoms with van der Waals surface area (Å²) in [6.07, 6.45) is 5.70. The lowest BCUT2D eigenvalue weighted by atomic mass is 9.79. The van der Waals surface area contributed by atoms with E-state index in [0.29, 0.717) is 12.6 Å². The van der Waals surface area contributed by atoms with Crippen LogP contribution in [-0.2, 0) is 4.79 Å². The monoisotopic (exact) mass is 537 g/mol. The zero-order valence-electron chi connectivity index (χ0n) is 24.6. The molecular formula is C35H43N3O2. The maximum absolute atomic E-state index is 14.3. The summed E-state index contributed by atoms with van der Waals surface area (Å²) in [6, 6.07) is 20.6. The van der Waals surface area contributed by atoms with E-state index in [9.17, 15) is 9.59 Å². The van der Waals surface area contributed by atoms with Crippen molar-refractivity contribution in [2.75, 3.05) is 17.2 Å². The molecule has 1 saturated heterocycles. The molecule has 1 aliphatic carbocycles. The molecule has 40 heavy (non-hydrogen) atoms. The van der Waals surface area contributed by atoms with E-state index in [1.54, 1.807) is 0 Å². The van der Waals surface area contributed by atoms with Gasteiger partial charge in [0.15, 0.2) is 0 Å². The van der Waals surface area contributed by atoms with Crippen molar-refractivity contribution in [2.45, 2.75) is 78.8 Å². The average Bonchev–Trinajstić information content (AvgIpc) is 3.44. The largest absolute Gasteiger partial charge is 0.382 e. The van der Waals surface area contributed by atoms with Crippen LogP contribution in [0.1, 0.15) is 83.2 Å². The zero-order chi connectivity index (χ0) is 28.4. The number of carbonyl (C=O) groups is 2. The summed E-state index contributed by atoms with van der Waals surface area (Å²) in [6.45, 7) is 10.9. The summed E-state index contributed by atoms with van der Waals surface area (Å²) in [4.78, 5) is 30.2. The number of carbonyl (C=O) groups excluding carboxylic acids is 2. The van der Waals surface area contributed by atoms with Gasteiger partial charge in [-0.15, -0.1) is 0 Å². The van der Waals surface area contributed by atoms with E-state index in [1.165, 1.54) is 31.2 Å². The van der Waals surface area contributed by atoms with Crippen molar-refractivity contribution in [3.63, 3.8) is 0 Å². The highest BCUT2D eigenvalue weighted by atomic mass is 16.2. The fraction of sp³-hybridized carbons (Fsp3) is 0.429. The Balaban J connectivity index is 1.50. The van der Waals surface area contributed by atoms with Gasteiger partial charge < -0.3 is 15.5 Å². The first-order valence-electron chi connectivity index (χ1n) is 14.8. The van der Waals surface area contributed by atoms with Crippen molar-refractivity contribution in [2.24, 2.45) is 11.8 Å². The first kappa shape index (κ1) is 27.9. The third kappa shape index (κ3) is 5.94. The average molecular weight is 538 g/mol. The predicted molar refractivity (Wildman–Crippen MR) is 164 cm³/mol. The van der Waals surface area contributed by atoms with E-state index in [1.807, 2.05) is 55.1 Å². The second kappa shape index (κ2) is 11.9. The molecule has 5 rings (SSSR count). The molecule has 0 bridgehead atoms. The lowest BCUT2D eigenvalue weighted by Gasteiger charge is -2.44. The molecule has 2 fully saturated rings. The summed E-state index contributed by atoms with van der Waals surface area (Å²) in [7, 11) is 0. The van der Waals surface area contributed by atoms with Gasteiger partial charge >= 0.3 is 0 Å². The minimum atomic E-state index is -0.368. The highest BCUT2D eigenvalue weighted by Gasteiger charge is 2.42. The van der Waals surface area contributed by atoms with Gasteiger partial charge in [-0.1, -0.05) is 56.2 Å². The molecule has 2 amide bonds. The van der Waals surface area contributed by atoms with E-state index in [0.717, 1.165) is 45.6 Å². The van der Waals surface area contributed by atoms with E-state index < -0.39 is 0 Å². The second-order valence-corrected chi connectivity index (χ2v) is 12.2. The van der Waals surface area contributed by atoms with Gasteiger partial charge in [0.1, 0.15) is 0 Å². The van der Waals surface area contributed by atoms with Crippen LogP contribution in [0.15, 0.2) is 60.7 Å². The standard InChI is InChI=1S/C35H43N3O2/c1-22-19-31(34(39)37-30-16-13-23(2)26(5)20-30)33(27-14-17-29(18-15-27)36-28-11-6-7-12-28)38(21-22)35(40)32-24(3)9-8-10-25(32)4/h8-10,13-18,20,22,28,31,33,36H,6-7,11-12,19,21H2,1-5H3,(H,37,39)/t22-,31+,33+/m1/s1. The van der Waals surface area contributed by atoms with E-state index in [4.69, 9.17) is 0 Å². The fourth-order valence-corrected chi connectivity index (χ4v) is 6.61. The molecular weight excluding hydrogens is 494 g/mol. The summed E-state index contributed by atoms with van der Waals surface area (Å²) in [5.41, 5.74) is 7.92. The molecule has 1 aliphatic heterocycles. The van der Waals surface area contributed by atoms with Gasteiger partial charge in [0.2, 0.25) is 5.91 Å². The molecule has 0 spiro atoms. The number of hydrogen-bond donors (Lipinski definition) is 2. The molecule has 1 saturated carbocycles. The molecule has 2 aliphatic rings. The highest BCUT2D eigenvalue weighted by molar-refractivity contribution is 5.99. The number of anilines is 2. The number of aryl methyl sites for hydroxylation is 4. The molecule has 2 N–H and O–H groups in total. The number of amides is 2. The van der Waals surface area contributed by atoms with Gasteiger partial charge in [-0.25, -0.2) is 0 Å². The SMILES string of the molecule is Cc1ccc(NC(=O)[C@H]2C[C@@H](C)CN(C(=O)c3c(C)cccc3C)[C@H]2c2ccc(NC3CCCC3)cc2)cc1C. The first-order chi connectivity index (χ1) is 19.2. The Kier molecular flexibility index (Phi) is 8.30. The molecule has 5 heteroatoms. The molecule has 5 nitrogen and oxygen atoms in total. The van der Waals surface area contributed by atoms with Crippen molar-refractivity contribution < 1.29 is 9.59 Å². The number of nitrogens with zero attached hydrogens (tertiary/aromatic N) is 1. The van der Waals surface area contributed by atoms with Crippen molar-refractivity contribution in [1.29, 1.82) is 0 Å². The zero-order valence-corrected chi connectivity index (χ0v) is 24.6. The Labute approximate surface area is 239 Å². The molecule has 210 valence electrons. The van der Waals surface area contributed by atoms with Crippen molar-refractivity contribution >= 4 is 23.2 Å². The van der Waals surface area contributed by atoms with Crippen molar-refractivity contribution in [1.82, 2.24) is 4.90 Å². The van der Waals surface area contributed by atoms with Gasteiger partial charge in [0, 0.05) is 29.5 Å². The summed E-state index contributed by atoms with van der Waals surface area (Å²) < 4.78 is 0. The molecule has 3 aromatic rings. The van der Waals surface area contributed by atoms with Crippen LogP contribution < -0.4 is 10.6 Å². The maximum atomic E-state index is 14.3. The molecule has 1 heterocycles. The van der Waals surface area contributed by atoms with Crippen LogP contribution in [0.5, 0.6) is 0 Å². The minimum Gasteiger partial charge on any atom is -0.382 e. The van der Waals surface area contributed by atoms with Crippen LogP contribution in [0, 0.1) is 39.5 Å². The van der Waals surface area contributed by atoms with Crippen LogP contribution in [0.25, 0.3) is 0 Å². The third-order valence-corrected chi connectivity index (χ3v) is 8.93. The van der Waals surface area contributed by atoms with Gasteiger partial charge in [-0.3, -0.25) is 9.59 Å². The summed E-state index contributed by atoms with van der Waals surface area (Å²) >= 11 is 0. The molecule has 3 aromatic carbocycles. The molecule has 0 radical (unpaired) electrons. The Morgan fingerprint density at radius 3 is 2.10 bits per heavy atom. The van der Waals surface area contributed by atoms with Crippen LogP contribution in [0.3, 0.4) is 0 Å². The van der Waals surface area contributed by atoms with Crippen LogP contribution in [0.2, 0.25) is 0 Å². The Morgan fingerprint density at radius 1 is 0.800 bits per heavy atom. The first-order valence-corrected chi connectivity index (χ1v) is 14.8. The normalized spacial score (nSPS) is 21.3. The van der Waals surface area contributed by atoms with Gasteiger partial charge in [0.05, 0.1) is 12.0 Å². The summed E-state index contributed by atoms with van der Waals surface area (Å²) in [5.74, 6) is -0.202. The fourth-order valence-electron chi connectivity index (χ4n) is 6.61. The minimum absolute atomic E-state index is 0.00397. The number of nitrogens with one attached hydrogen (secondary N) is 2. The van der Waals surface area contributed by atoms with Crippen LogP contribution in [0.4, 0.5) is 11.4 Å². The van der Waals surface area contributed by atoms with E-state index in [-0.39, 0.29) is 29.7 Å². The topological polar surface area (TPSA) is 61.4 Å². The number of likely N-dealkylation sites (tertiary alicyclic amines) is 1. The quantitative estimate of drug-likeness (QED) is 0.338. The second-order valence-electron chi connectivity index (χ2n) is 12.2. The van der Waals surface area contributed by atoms with Crippen molar-refractivity contribution in [3.05, 3.63) is 94.0 Å². The van der Waals surface area contributed by atoms with Gasteiger partial charge in [0.25, 0.3) is 5.91 Å². The van der Waals surface area contributed by atoms with Crippen molar-refractivity contribution in [3.8, 4) is 0 Å². The number of benzene rings is 3. The number of hydrogen-bond acceptors (Lipinski definition) is 3. The smallest absolute Gasteiger partial charge is 0.254 e. The number of rotatable bonds is 6. The van der Waals surface area contributed by atoms with E-state index >= 15 is 0 Å². The number of piperidine rings is 1. The molecule has 3 atom stereocenters. The Morgan fingerprint density at radius 2 is 1.45 bits per heavy atom. The predicted octanol–water partition coefficient (Wildman–Crippen LogP) is 7.75. The van der Waals surface area contributed by atoms with Crippen LogP contribution >= 0.6 is 0 Å². The van der Waals surface area contributed by atoms with Gasteiger partial charge in [-0.05, 0) is 105 Å². The molecule has 0 aromatic heterocycles. The molecule has 0 unspecified atom stereocenters. The lowest BCUT2D eigenvalue weighted by molar-refractivity contribution is -0.124. The third-order valence-electron chi connectivity index (χ3n) is 8.93. The summed E-state index contributed by atoms with van der Waals surface area (Å²) in [5, 5.41) is 6.86. The Hall–Kier alpha value is -3.60. The Bertz CT molecular complexity index is 1350.